The molecule has 9 nitrogen and oxygen atoms in total. The minimum Gasteiger partial charge on any atom is -0.481 e. The van der Waals surface area contributed by atoms with Crippen LogP contribution in [0.3, 0.4) is 0 Å². The van der Waals surface area contributed by atoms with Crippen LogP contribution in [-0.2, 0) is 16.6 Å². The van der Waals surface area contributed by atoms with Crippen LogP contribution in [-0.4, -0.2) is 45.5 Å². The second kappa shape index (κ2) is 10.4. The molecule has 9 heteroatoms. The molecule has 0 unspecified atom stereocenters. The molecular formula is C26H28N4O5. The molecule has 1 heterocycles. The van der Waals surface area contributed by atoms with Gasteiger partial charge >= 0.3 is 12.1 Å². The number of nitrogens with one attached hydrogen (secondary N) is 2. The molecule has 4 rings (SSSR count). The summed E-state index contributed by atoms with van der Waals surface area (Å²) in [7, 11) is 1.59. The molecule has 0 bridgehead atoms. The number of nitrogens with zero attached hydrogens (tertiary/aromatic N) is 2. The lowest BCUT2D eigenvalue weighted by molar-refractivity contribution is -0.137. The highest BCUT2D eigenvalue weighted by molar-refractivity contribution is 6.01. The molecule has 0 saturated carbocycles. The average molecular weight is 477 g/mol. The highest BCUT2D eigenvalue weighted by atomic mass is 16.5. The Kier molecular flexibility index (Phi) is 7.14. The van der Waals surface area contributed by atoms with Gasteiger partial charge in [0.05, 0.1) is 12.6 Å². The number of aliphatic carboxylic acids is 1. The fourth-order valence-electron chi connectivity index (χ4n) is 4.53. The van der Waals surface area contributed by atoms with Crippen molar-refractivity contribution in [3.63, 3.8) is 0 Å². The van der Waals surface area contributed by atoms with Crippen molar-refractivity contribution < 1.29 is 24.2 Å². The smallest absolute Gasteiger partial charge is 0.412 e. The summed E-state index contributed by atoms with van der Waals surface area (Å²) >= 11 is 0. The van der Waals surface area contributed by atoms with Crippen molar-refractivity contribution in [1.82, 2.24) is 15.1 Å². The summed E-state index contributed by atoms with van der Waals surface area (Å²) in [5, 5.41) is 18.5. The first-order chi connectivity index (χ1) is 16.9. The maximum absolute atomic E-state index is 12.8. The Balaban J connectivity index is 1.44. The molecule has 0 spiro atoms. The van der Waals surface area contributed by atoms with Gasteiger partial charge in [0, 0.05) is 19.0 Å². The lowest BCUT2D eigenvalue weighted by Gasteiger charge is -2.17. The molecular weight excluding hydrogens is 448 g/mol. The Hall–Kier alpha value is -4.14. The Labute approximate surface area is 203 Å². The summed E-state index contributed by atoms with van der Waals surface area (Å²) in [6.45, 7) is 2.05. The second-order valence-corrected chi connectivity index (χ2v) is 8.54. The Morgan fingerprint density at radius 3 is 2.31 bits per heavy atom. The van der Waals surface area contributed by atoms with Crippen LogP contribution >= 0.6 is 0 Å². The highest BCUT2D eigenvalue weighted by Crippen LogP contribution is 2.44. The molecule has 1 aliphatic rings. The van der Waals surface area contributed by atoms with E-state index in [0.29, 0.717) is 6.42 Å². The fourth-order valence-corrected chi connectivity index (χ4v) is 4.53. The van der Waals surface area contributed by atoms with Gasteiger partial charge < -0.3 is 15.2 Å². The van der Waals surface area contributed by atoms with Crippen LogP contribution in [0.1, 0.15) is 53.6 Å². The third-order valence-electron chi connectivity index (χ3n) is 6.14. The van der Waals surface area contributed by atoms with Gasteiger partial charge in [-0.25, -0.2) is 4.79 Å². The largest absolute Gasteiger partial charge is 0.481 e. The summed E-state index contributed by atoms with van der Waals surface area (Å²) in [6, 6.07) is 15.6. The van der Waals surface area contributed by atoms with E-state index < -0.39 is 24.0 Å². The number of aromatic nitrogens is 2. The zero-order valence-corrected chi connectivity index (χ0v) is 19.7. The number of amides is 2. The standard InChI is InChI=1S/C26H28N4O5/c1-3-8-16(13-23(31)32)28-25(33)21-14-27-30(2)24(21)29-26(34)35-15-22-19-11-6-4-9-17(19)18-10-5-7-12-20(18)22/h4-7,9-12,14,16,22H,3,8,13,15H2,1-2H3,(H,28,33)(H,29,34)(H,31,32)/t16-/m0/s1. The van der Waals surface area contributed by atoms with Crippen molar-refractivity contribution in [2.45, 2.75) is 38.1 Å². The number of carbonyl (C=O) groups excluding carboxylic acids is 2. The molecule has 2 aromatic carbocycles. The number of hydrogen-bond donors (Lipinski definition) is 3. The molecule has 1 aliphatic carbocycles. The Morgan fingerprint density at radius 2 is 1.71 bits per heavy atom. The summed E-state index contributed by atoms with van der Waals surface area (Å²) in [6.07, 6.45) is 1.68. The number of aryl methyl sites for hydroxylation is 1. The molecule has 0 aliphatic heterocycles. The third-order valence-corrected chi connectivity index (χ3v) is 6.14. The number of anilines is 1. The molecule has 3 aromatic rings. The predicted octanol–water partition coefficient (Wildman–Crippen LogP) is 4.15. The molecule has 0 radical (unpaired) electrons. The van der Waals surface area contributed by atoms with Gasteiger partial charge in [-0.05, 0) is 28.7 Å². The number of benzene rings is 2. The monoisotopic (exact) mass is 476 g/mol. The van der Waals surface area contributed by atoms with Crippen molar-refractivity contribution >= 4 is 23.8 Å². The minimum absolute atomic E-state index is 0.0896. The molecule has 0 fully saturated rings. The fraction of sp³-hybridized carbons (Fsp3) is 0.308. The van der Waals surface area contributed by atoms with Crippen LogP contribution in [0, 0.1) is 0 Å². The number of carbonyl (C=O) groups is 3. The van der Waals surface area contributed by atoms with Gasteiger partial charge in [0.15, 0.2) is 0 Å². The van der Waals surface area contributed by atoms with Crippen LogP contribution in [0.15, 0.2) is 54.7 Å². The van der Waals surface area contributed by atoms with E-state index in [9.17, 15) is 14.4 Å². The van der Waals surface area contributed by atoms with Crippen molar-refractivity contribution in [2.75, 3.05) is 11.9 Å². The Bertz CT molecular complexity index is 1210. The molecule has 1 aromatic heterocycles. The number of ether oxygens (including phenoxy) is 1. The van der Waals surface area contributed by atoms with Gasteiger partial charge in [0.2, 0.25) is 0 Å². The molecule has 1 atom stereocenters. The van der Waals surface area contributed by atoms with E-state index in [2.05, 4.69) is 27.9 Å². The summed E-state index contributed by atoms with van der Waals surface area (Å²) in [4.78, 5) is 36.6. The number of carboxylic acid groups (broad SMARTS) is 1. The van der Waals surface area contributed by atoms with Gasteiger partial charge in [-0.3, -0.25) is 19.6 Å². The molecule has 0 saturated heterocycles. The van der Waals surface area contributed by atoms with Crippen molar-refractivity contribution in [3.05, 3.63) is 71.4 Å². The maximum atomic E-state index is 12.8. The minimum atomic E-state index is -0.994. The molecule has 2 amide bonds. The van der Waals surface area contributed by atoms with Gasteiger partial charge in [0.1, 0.15) is 18.0 Å². The lowest BCUT2D eigenvalue weighted by atomic mass is 9.98. The van der Waals surface area contributed by atoms with E-state index >= 15 is 0 Å². The van der Waals surface area contributed by atoms with E-state index in [4.69, 9.17) is 9.84 Å². The predicted molar refractivity (Wildman–Crippen MR) is 130 cm³/mol. The van der Waals surface area contributed by atoms with E-state index in [1.807, 2.05) is 43.3 Å². The number of fused-ring (bicyclic) bond motifs is 3. The number of rotatable bonds is 9. The zero-order chi connectivity index (χ0) is 24.9. The van der Waals surface area contributed by atoms with Crippen LogP contribution in [0.5, 0.6) is 0 Å². The molecule has 182 valence electrons. The van der Waals surface area contributed by atoms with Crippen molar-refractivity contribution in [1.29, 1.82) is 0 Å². The number of hydrogen-bond acceptors (Lipinski definition) is 5. The topological polar surface area (TPSA) is 123 Å². The SMILES string of the molecule is CCC[C@@H](CC(=O)O)NC(=O)c1cnn(C)c1NC(=O)OCC1c2ccccc2-c2ccccc21. The summed E-state index contributed by atoms with van der Waals surface area (Å²) in [5.74, 6) is -1.42. The average Bonchev–Trinajstić information content (AvgIpc) is 3.35. The third kappa shape index (κ3) is 5.18. The van der Waals surface area contributed by atoms with E-state index in [1.54, 1.807) is 7.05 Å². The first kappa shape index (κ1) is 24.0. The summed E-state index contributed by atoms with van der Waals surface area (Å²) < 4.78 is 6.94. The molecule has 35 heavy (non-hydrogen) atoms. The maximum Gasteiger partial charge on any atom is 0.412 e. The van der Waals surface area contributed by atoms with Crippen LogP contribution in [0.25, 0.3) is 11.1 Å². The highest BCUT2D eigenvalue weighted by Gasteiger charge is 2.29. The quantitative estimate of drug-likeness (QED) is 0.426. The van der Waals surface area contributed by atoms with Gasteiger partial charge in [0.25, 0.3) is 5.91 Å². The van der Waals surface area contributed by atoms with E-state index in [-0.39, 0.29) is 30.3 Å². The second-order valence-electron chi connectivity index (χ2n) is 8.54. The first-order valence-corrected chi connectivity index (χ1v) is 11.6. The van der Waals surface area contributed by atoms with Crippen LogP contribution in [0.2, 0.25) is 0 Å². The van der Waals surface area contributed by atoms with Gasteiger partial charge in [-0.15, -0.1) is 0 Å². The lowest BCUT2D eigenvalue weighted by Crippen LogP contribution is -2.36. The van der Waals surface area contributed by atoms with Gasteiger partial charge in [-0.1, -0.05) is 61.9 Å². The Morgan fingerprint density at radius 1 is 1.09 bits per heavy atom. The normalized spacial score (nSPS) is 13.0. The first-order valence-electron chi connectivity index (χ1n) is 11.6. The van der Waals surface area contributed by atoms with E-state index in [1.165, 1.54) is 10.9 Å². The summed E-state index contributed by atoms with van der Waals surface area (Å²) in [5.41, 5.74) is 4.59. The van der Waals surface area contributed by atoms with Crippen LogP contribution in [0.4, 0.5) is 10.6 Å². The molecule has 3 N–H and O–H groups in total. The van der Waals surface area contributed by atoms with E-state index in [0.717, 1.165) is 28.7 Å². The van der Waals surface area contributed by atoms with Crippen LogP contribution < -0.4 is 10.6 Å². The number of carboxylic acids is 1. The van der Waals surface area contributed by atoms with Gasteiger partial charge in [-0.2, -0.15) is 5.10 Å². The zero-order valence-electron chi connectivity index (χ0n) is 19.7. The van der Waals surface area contributed by atoms with Crippen molar-refractivity contribution in [2.24, 2.45) is 7.05 Å². The van der Waals surface area contributed by atoms with Crippen molar-refractivity contribution in [3.8, 4) is 11.1 Å².